The van der Waals surface area contributed by atoms with Crippen molar-refractivity contribution >= 4 is 5.97 Å². The van der Waals surface area contributed by atoms with Crippen LogP contribution in [-0.2, 0) is 9.53 Å². The van der Waals surface area contributed by atoms with Crippen molar-refractivity contribution in [2.45, 2.75) is 90.4 Å². The molecule has 0 aliphatic carbocycles. The number of ether oxygens (including phenoxy) is 1. The van der Waals surface area contributed by atoms with Gasteiger partial charge in [-0.2, -0.15) is 0 Å². The van der Waals surface area contributed by atoms with E-state index in [-0.39, 0.29) is 5.97 Å². The molecule has 0 amide bonds. The molecule has 21 heavy (non-hydrogen) atoms. The number of rotatable bonds is 14. The van der Waals surface area contributed by atoms with Crippen molar-refractivity contribution in [3.8, 4) is 0 Å². The molecule has 2 nitrogen and oxygen atoms in total. The van der Waals surface area contributed by atoms with E-state index in [2.05, 4.69) is 29.5 Å². The van der Waals surface area contributed by atoms with E-state index in [1.165, 1.54) is 71.3 Å². The van der Waals surface area contributed by atoms with Gasteiger partial charge in [0.1, 0.15) is 0 Å². The molecule has 0 radical (unpaired) electrons. The summed E-state index contributed by atoms with van der Waals surface area (Å²) in [4.78, 5) is 10.9. The number of hydrogen-bond acceptors (Lipinski definition) is 2. The molecular weight excluding hydrogens is 260 g/mol. The molecule has 0 aliphatic heterocycles. The van der Waals surface area contributed by atoms with Crippen LogP contribution in [0.2, 0.25) is 0 Å². The summed E-state index contributed by atoms with van der Waals surface area (Å²) in [7, 11) is 1.46. The van der Waals surface area contributed by atoms with Crippen molar-refractivity contribution in [1.82, 2.24) is 0 Å². The second kappa shape index (κ2) is 17.0. The van der Waals surface area contributed by atoms with Crippen LogP contribution in [0.25, 0.3) is 0 Å². The minimum atomic E-state index is -0.0770. The van der Waals surface area contributed by atoms with Crippen molar-refractivity contribution in [1.29, 1.82) is 0 Å². The second-order valence-electron chi connectivity index (χ2n) is 5.66. The predicted octanol–water partition coefficient (Wildman–Crippen LogP) is 5.96. The molecular formula is C19H34O2. The summed E-state index contributed by atoms with van der Waals surface area (Å²) in [6.45, 7) is 2.22. The van der Waals surface area contributed by atoms with Crippen molar-refractivity contribution in [2.75, 3.05) is 7.11 Å². The normalized spacial score (nSPS) is 10.0. The van der Waals surface area contributed by atoms with Crippen molar-refractivity contribution in [2.24, 2.45) is 0 Å². The Morgan fingerprint density at radius 3 is 1.95 bits per heavy atom. The van der Waals surface area contributed by atoms with Gasteiger partial charge in [-0.05, 0) is 44.3 Å². The average molecular weight is 294 g/mol. The first kappa shape index (κ1) is 20.0. The predicted molar refractivity (Wildman–Crippen MR) is 90.4 cm³/mol. The van der Waals surface area contributed by atoms with Gasteiger partial charge in [-0.1, -0.05) is 51.9 Å². The molecule has 2 heteroatoms. The Labute approximate surface area is 131 Å². The van der Waals surface area contributed by atoms with Crippen LogP contribution in [0.3, 0.4) is 0 Å². The molecule has 0 bridgehead atoms. The number of carbonyl (C=O) groups excluding carboxylic acids is 1. The van der Waals surface area contributed by atoms with E-state index < -0.39 is 0 Å². The van der Waals surface area contributed by atoms with Gasteiger partial charge in [0.05, 0.1) is 7.11 Å². The number of esters is 1. The van der Waals surface area contributed by atoms with Gasteiger partial charge in [-0.3, -0.25) is 4.79 Å². The zero-order valence-electron chi connectivity index (χ0n) is 14.2. The van der Waals surface area contributed by atoms with E-state index in [1.54, 1.807) is 0 Å². The fourth-order valence-corrected chi connectivity index (χ4v) is 2.23. The summed E-state index contributed by atoms with van der Waals surface area (Å²) in [5.74, 6) is -0.0770. The third-order valence-electron chi connectivity index (χ3n) is 3.64. The van der Waals surface area contributed by atoms with Gasteiger partial charge >= 0.3 is 5.97 Å². The van der Waals surface area contributed by atoms with Crippen LogP contribution in [0.1, 0.15) is 90.4 Å². The number of methoxy groups -OCH3 is 1. The Hall–Kier alpha value is -1.01. The Morgan fingerprint density at radius 1 is 0.857 bits per heavy atom. The van der Waals surface area contributed by atoms with Gasteiger partial charge < -0.3 is 4.74 Å². The maximum absolute atomic E-state index is 10.9. The summed E-state index contributed by atoms with van der Waals surface area (Å²) < 4.78 is 4.62. The first-order valence-corrected chi connectivity index (χ1v) is 8.77. The highest BCUT2D eigenvalue weighted by Crippen LogP contribution is 2.11. The molecule has 0 N–H and O–H groups in total. The highest BCUT2D eigenvalue weighted by Gasteiger charge is 1.98. The first-order valence-electron chi connectivity index (χ1n) is 8.77. The van der Waals surface area contributed by atoms with Crippen LogP contribution in [0.5, 0.6) is 0 Å². The molecule has 0 fully saturated rings. The number of unbranched alkanes of at least 4 members (excludes halogenated alkanes) is 10. The van der Waals surface area contributed by atoms with Gasteiger partial charge in [0, 0.05) is 6.42 Å². The van der Waals surface area contributed by atoms with Gasteiger partial charge in [0.2, 0.25) is 0 Å². The highest BCUT2D eigenvalue weighted by molar-refractivity contribution is 5.68. The van der Waals surface area contributed by atoms with Gasteiger partial charge in [-0.25, -0.2) is 0 Å². The van der Waals surface area contributed by atoms with E-state index in [4.69, 9.17) is 0 Å². The monoisotopic (exact) mass is 294 g/mol. The van der Waals surface area contributed by atoms with Crippen molar-refractivity contribution in [3.05, 3.63) is 17.9 Å². The summed E-state index contributed by atoms with van der Waals surface area (Å²) in [6, 6.07) is 0. The molecule has 122 valence electrons. The highest BCUT2D eigenvalue weighted by atomic mass is 16.5. The Bertz CT molecular complexity index is 288. The molecule has 0 unspecified atom stereocenters. The van der Waals surface area contributed by atoms with E-state index in [1.807, 2.05) is 0 Å². The van der Waals surface area contributed by atoms with Crippen LogP contribution >= 0.6 is 0 Å². The third kappa shape index (κ3) is 16.9. The van der Waals surface area contributed by atoms with Gasteiger partial charge in [0.15, 0.2) is 0 Å². The lowest BCUT2D eigenvalue weighted by Gasteiger charge is -2.01. The molecule has 0 aromatic heterocycles. The molecule has 0 rings (SSSR count). The van der Waals surface area contributed by atoms with E-state index >= 15 is 0 Å². The van der Waals surface area contributed by atoms with Crippen LogP contribution in [0, 0.1) is 0 Å². The summed E-state index contributed by atoms with van der Waals surface area (Å²) in [5.41, 5.74) is 3.27. The summed E-state index contributed by atoms with van der Waals surface area (Å²) >= 11 is 0. The minimum absolute atomic E-state index is 0.0770. The molecule has 0 spiro atoms. The maximum Gasteiger partial charge on any atom is 0.305 e. The van der Waals surface area contributed by atoms with Gasteiger partial charge in [-0.15, -0.1) is 5.73 Å². The van der Waals surface area contributed by atoms with Crippen LogP contribution < -0.4 is 0 Å². The zero-order chi connectivity index (χ0) is 15.6. The Morgan fingerprint density at radius 2 is 1.38 bits per heavy atom. The van der Waals surface area contributed by atoms with Crippen molar-refractivity contribution < 1.29 is 9.53 Å². The van der Waals surface area contributed by atoms with Crippen LogP contribution in [0.4, 0.5) is 0 Å². The smallest absolute Gasteiger partial charge is 0.305 e. The standard InChI is InChI=1S/C19H34O2/c1-3-4-5-6-7-8-9-10-11-12-13-14-15-16-17-18-19(20)21-2/h6,8H,3-5,9-18H2,1-2H3. The maximum atomic E-state index is 10.9. The SMILES string of the molecule is CCCCC=C=CCCCCCCCCCCC(=O)OC. The molecule has 0 saturated carbocycles. The molecule has 0 aromatic carbocycles. The number of allylic oxidation sites excluding steroid dienone is 1. The fourth-order valence-electron chi connectivity index (χ4n) is 2.23. The fraction of sp³-hybridized carbons (Fsp3) is 0.789. The first-order chi connectivity index (χ1) is 10.3. The molecule has 0 aromatic rings. The average Bonchev–Trinajstić information content (AvgIpc) is 2.50. The molecule has 0 atom stereocenters. The molecule has 0 aliphatic rings. The zero-order valence-corrected chi connectivity index (χ0v) is 14.2. The number of hydrogen-bond donors (Lipinski definition) is 0. The van der Waals surface area contributed by atoms with E-state index in [0.29, 0.717) is 6.42 Å². The van der Waals surface area contributed by atoms with Crippen LogP contribution in [-0.4, -0.2) is 13.1 Å². The third-order valence-corrected chi connectivity index (χ3v) is 3.64. The topological polar surface area (TPSA) is 26.3 Å². The second-order valence-corrected chi connectivity index (χ2v) is 5.66. The largest absolute Gasteiger partial charge is 0.469 e. The number of carbonyl (C=O) groups is 1. The summed E-state index contributed by atoms with van der Waals surface area (Å²) in [5, 5.41) is 0. The van der Waals surface area contributed by atoms with Gasteiger partial charge in [0.25, 0.3) is 0 Å². The Kier molecular flexibility index (Phi) is 16.2. The van der Waals surface area contributed by atoms with E-state index in [0.717, 1.165) is 12.8 Å². The summed E-state index contributed by atoms with van der Waals surface area (Å²) in [6.07, 6.45) is 19.8. The van der Waals surface area contributed by atoms with Crippen LogP contribution in [0.15, 0.2) is 17.9 Å². The minimum Gasteiger partial charge on any atom is -0.469 e. The lowest BCUT2D eigenvalue weighted by atomic mass is 10.1. The van der Waals surface area contributed by atoms with E-state index in [9.17, 15) is 4.79 Å². The Balaban J connectivity index is 3.15. The molecule has 0 heterocycles. The quantitative estimate of drug-likeness (QED) is 0.224. The lowest BCUT2D eigenvalue weighted by Crippen LogP contribution is -1.99. The van der Waals surface area contributed by atoms with Crippen molar-refractivity contribution in [3.63, 3.8) is 0 Å². The lowest BCUT2D eigenvalue weighted by molar-refractivity contribution is -0.140. The molecule has 0 saturated heterocycles.